The maximum absolute atomic E-state index is 15.2. The van der Waals surface area contributed by atoms with Gasteiger partial charge in [0.25, 0.3) is 10.0 Å². The summed E-state index contributed by atoms with van der Waals surface area (Å²) in [6.07, 6.45) is 4.75. The topological polar surface area (TPSA) is 86.8 Å². The number of hydrogen-bond acceptors (Lipinski definition) is 4. The Morgan fingerprint density at radius 3 is 2.00 bits per heavy atom. The van der Waals surface area contributed by atoms with Gasteiger partial charge in [-0.25, -0.2) is 17.2 Å². The van der Waals surface area contributed by atoms with Gasteiger partial charge in [0.15, 0.2) is 0 Å². The summed E-state index contributed by atoms with van der Waals surface area (Å²) in [6.45, 7) is -1.13. The Bertz CT molecular complexity index is 1730. The molecule has 4 aromatic carbocycles. The predicted octanol–water partition coefficient (Wildman–Crippen LogP) is 6.25. The van der Waals surface area contributed by atoms with Crippen LogP contribution in [-0.4, -0.2) is 43.8 Å². The van der Waals surface area contributed by atoms with E-state index in [-0.39, 0.29) is 35.2 Å². The molecule has 0 unspecified atom stereocenters. The van der Waals surface area contributed by atoms with Gasteiger partial charge >= 0.3 is 0 Å². The van der Waals surface area contributed by atoms with Gasteiger partial charge in [-0.3, -0.25) is 13.9 Å². The van der Waals surface area contributed by atoms with Crippen LogP contribution >= 0.6 is 0 Å². The van der Waals surface area contributed by atoms with E-state index in [0.717, 1.165) is 43.7 Å². The second-order valence-corrected chi connectivity index (χ2v) is 13.3. The molecule has 0 aromatic heterocycles. The normalized spacial score (nSPS) is 14.3. The lowest BCUT2D eigenvalue weighted by atomic mass is 9.94. The van der Waals surface area contributed by atoms with Crippen molar-refractivity contribution in [1.82, 2.24) is 10.2 Å². The number of carbonyl (C=O) groups excluding carboxylic acids is 2. The third-order valence-electron chi connectivity index (χ3n) is 8.25. The minimum Gasteiger partial charge on any atom is -0.352 e. The molecule has 1 aliphatic rings. The van der Waals surface area contributed by atoms with Crippen molar-refractivity contribution < 1.29 is 26.8 Å². The zero-order valence-electron chi connectivity index (χ0n) is 25.4. The van der Waals surface area contributed by atoms with Crippen molar-refractivity contribution in [3.8, 4) is 0 Å². The number of rotatable bonds is 12. The van der Waals surface area contributed by atoms with Crippen LogP contribution in [0.3, 0.4) is 0 Å². The minimum atomic E-state index is -4.44. The van der Waals surface area contributed by atoms with Gasteiger partial charge in [-0.15, -0.1) is 0 Å². The monoisotopic (exact) mass is 645 g/mol. The number of benzene rings is 4. The lowest BCUT2D eigenvalue weighted by Crippen LogP contribution is -2.55. The van der Waals surface area contributed by atoms with Gasteiger partial charge in [0.05, 0.1) is 10.6 Å². The molecular formula is C36H37F2N3O4S. The summed E-state index contributed by atoms with van der Waals surface area (Å²) in [6, 6.07) is 26.6. The van der Waals surface area contributed by atoms with Crippen LogP contribution in [0.1, 0.15) is 43.2 Å². The van der Waals surface area contributed by atoms with Gasteiger partial charge < -0.3 is 10.2 Å². The first-order chi connectivity index (χ1) is 22.2. The molecule has 7 nitrogen and oxygen atoms in total. The molecule has 1 saturated carbocycles. The third-order valence-corrected chi connectivity index (χ3v) is 10.0. The highest BCUT2D eigenvalue weighted by Crippen LogP contribution is 2.27. The summed E-state index contributed by atoms with van der Waals surface area (Å²) in [5.74, 6) is -2.62. The predicted molar refractivity (Wildman–Crippen MR) is 173 cm³/mol. The summed E-state index contributed by atoms with van der Waals surface area (Å²) in [4.78, 5) is 29.6. The number of hydrogen-bond donors (Lipinski definition) is 1. The van der Waals surface area contributed by atoms with E-state index in [2.05, 4.69) is 5.32 Å². The number of halogens is 2. The Hall–Kier alpha value is -4.57. The highest BCUT2D eigenvalue weighted by Gasteiger charge is 2.36. The first kappa shape index (κ1) is 32.8. The van der Waals surface area contributed by atoms with Gasteiger partial charge in [-0.2, -0.15) is 0 Å². The smallest absolute Gasteiger partial charge is 0.264 e. The van der Waals surface area contributed by atoms with Crippen LogP contribution in [0.25, 0.3) is 0 Å². The third kappa shape index (κ3) is 7.98. The fraction of sp³-hybridized carbons (Fsp3) is 0.278. The maximum atomic E-state index is 15.2. The Labute approximate surface area is 268 Å². The summed E-state index contributed by atoms with van der Waals surface area (Å²) in [5, 5.41) is 3.11. The summed E-state index contributed by atoms with van der Waals surface area (Å²) < 4.78 is 58.9. The largest absolute Gasteiger partial charge is 0.352 e. The number of carbonyl (C=O) groups is 2. The van der Waals surface area contributed by atoms with Crippen molar-refractivity contribution in [2.75, 3.05) is 10.8 Å². The zero-order chi connectivity index (χ0) is 32.5. The molecule has 10 heteroatoms. The SMILES string of the molecule is O=C(NC1CCCCC1)[C@H](Cc1ccccc1)N(Cc1ccccc1F)C(=O)CN(c1ccccc1F)S(=O)(=O)c1ccccc1. The van der Waals surface area contributed by atoms with E-state index in [4.69, 9.17) is 0 Å². The van der Waals surface area contributed by atoms with Crippen molar-refractivity contribution >= 4 is 27.5 Å². The van der Waals surface area contributed by atoms with Crippen molar-refractivity contribution in [2.24, 2.45) is 0 Å². The van der Waals surface area contributed by atoms with Crippen LogP contribution in [0.4, 0.5) is 14.5 Å². The standard InChI is InChI=1S/C36H37F2N3O4S/c37-31-21-11-10-16-28(31)25-40(34(24-27-14-4-1-5-15-27)36(43)39-29-17-6-2-7-18-29)35(42)26-41(33-23-13-12-22-32(33)38)46(44,45)30-19-8-3-9-20-30/h1,3-5,8-16,19-23,29,34H,2,6-7,17-18,24-26H2,(H,39,43)/t34-/m0/s1. The van der Waals surface area contributed by atoms with Crippen LogP contribution in [0, 0.1) is 11.6 Å². The van der Waals surface area contributed by atoms with Crippen LogP contribution in [0.2, 0.25) is 0 Å². The fourth-order valence-electron chi connectivity index (χ4n) is 5.80. The lowest BCUT2D eigenvalue weighted by molar-refractivity contribution is -0.140. The molecule has 0 radical (unpaired) electrons. The Morgan fingerprint density at radius 2 is 1.35 bits per heavy atom. The van der Waals surface area contributed by atoms with E-state index in [0.29, 0.717) is 4.31 Å². The molecule has 2 amide bonds. The van der Waals surface area contributed by atoms with Crippen molar-refractivity contribution in [3.05, 3.63) is 132 Å². The molecule has 0 aliphatic heterocycles. The van der Waals surface area contributed by atoms with Crippen LogP contribution < -0.4 is 9.62 Å². The summed E-state index contributed by atoms with van der Waals surface area (Å²) in [5.41, 5.74) is 0.597. The van der Waals surface area contributed by atoms with Gasteiger partial charge in [0.1, 0.15) is 24.2 Å². The van der Waals surface area contributed by atoms with Crippen LogP contribution in [0.15, 0.2) is 114 Å². The Kier molecular flexibility index (Phi) is 10.8. The highest BCUT2D eigenvalue weighted by molar-refractivity contribution is 7.92. The van der Waals surface area contributed by atoms with Crippen molar-refractivity contribution in [1.29, 1.82) is 0 Å². The Balaban J connectivity index is 1.57. The molecule has 46 heavy (non-hydrogen) atoms. The maximum Gasteiger partial charge on any atom is 0.264 e. The van der Waals surface area contributed by atoms with Crippen molar-refractivity contribution in [3.63, 3.8) is 0 Å². The number of nitrogens with zero attached hydrogens (tertiary/aromatic N) is 2. The number of para-hydroxylation sites is 1. The molecule has 4 aromatic rings. The second kappa shape index (κ2) is 15.1. The molecule has 240 valence electrons. The molecule has 0 bridgehead atoms. The van der Waals surface area contributed by atoms with Gasteiger partial charge in [0, 0.05) is 24.6 Å². The molecule has 1 aliphatic carbocycles. The van der Waals surface area contributed by atoms with E-state index in [9.17, 15) is 18.0 Å². The minimum absolute atomic E-state index is 0.0710. The van der Waals surface area contributed by atoms with Gasteiger partial charge in [0.2, 0.25) is 11.8 Å². The van der Waals surface area contributed by atoms with Crippen LogP contribution in [0.5, 0.6) is 0 Å². The first-order valence-electron chi connectivity index (χ1n) is 15.4. The van der Waals surface area contributed by atoms with E-state index in [1.54, 1.807) is 12.1 Å². The summed E-state index contributed by atoms with van der Waals surface area (Å²) >= 11 is 0. The molecule has 0 spiro atoms. The number of sulfonamides is 1. The number of anilines is 1. The Morgan fingerprint density at radius 1 is 0.761 bits per heavy atom. The lowest BCUT2D eigenvalue weighted by Gasteiger charge is -2.35. The van der Waals surface area contributed by atoms with E-state index in [1.807, 2.05) is 30.3 Å². The molecule has 5 rings (SSSR count). The number of nitrogens with one attached hydrogen (secondary N) is 1. The molecule has 0 saturated heterocycles. The zero-order valence-corrected chi connectivity index (χ0v) is 26.2. The van der Waals surface area contributed by atoms with E-state index < -0.39 is 46.1 Å². The van der Waals surface area contributed by atoms with Crippen LogP contribution in [-0.2, 0) is 32.6 Å². The molecule has 1 N–H and O–H groups in total. The average Bonchev–Trinajstić information content (AvgIpc) is 3.07. The van der Waals surface area contributed by atoms with Gasteiger partial charge in [-0.05, 0) is 48.7 Å². The van der Waals surface area contributed by atoms with E-state index in [1.165, 1.54) is 65.6 Å². The van der Waals surface area contributed by atoms with E-state index >= 15 is 8.78 Å². The summed E-state index contributed by atoms with van der Waals surface area (Å²) in [7, 11) is -4.44. The fourth-order valence-corrected chi connectivity index (χ4v) is 7.24. The quantitative estimate of drug-likeness (QED) is 0.197. The molecular weight excluding hydrogens is 608 g/mol. The highest BCUT2D eigenvalue weighted by atomic mass is 32.2. The molecule has 1 fully saturated rings. The van der Waals surface area contributed by atoms with Crippen molar-refractivity contribution in [2.45, 2.75) is 62.0 Å². The second-order valence-electron chi connectivity index (χ2n) is 11.4. The number of amides is 2. The first-order valence-corrected chi connectivity index (χ1v) is 16.9. The van der Waals surface area contributed by atoms with Gasteiger partial charge in [-0.1, -0.05) is 98.1 Å². The molecule has 1 atom stereocenters. The average molecular weight is 646 g/mol. The molecule has 0 heterocycles.